The van der Waals surface area contributed by atoms with Crippen molar-refractivity contribution in [3.8, 4) is 5.75 Å². The fourth-order valence-electron chi connectivity index (χ4n) is 1.60. The summed E-state index contributed by atoms with van der Waals surface area (Å²) in [6, 6.07) is 3.81. The summed E-state index contributed by atoms with van der Waals surface area (Å²) >= 11 is 0. The number of fused-ring (bicyclic) bond motifs is 1. The molecule has 0 unspecified atom stereocenters. The van der Waals surface area contributed by atoms with Crippen LogP contribution in [0.2, 0.25) is 0 Å². The number of nitrogens with one attached hydrogen (secondary N) is 1. The maximum Gasteiger partial charge on any atom is 0.120 e. The number of phenolic OH excluding ortho intramolecular Hbond substituents is 1. The predicted octanol–water partition coefficient (Wildman–Crippen LogP) is 1.14. The number of benzene rings is 1. The molecular weight excluding hydrogens is 166 g/mol. The van der Waals surface area contributed by atoms with Gasteiger partial charge in [-0.15, -0.1) is 0 Å². The van der Waals surface area contributed by atoms with Crippen molar-refractivity contribution in [2.75, 3.05) is 7.05 Å². The fourth-order valence-corrected chi connectivity index (χ4v) is 1.60. The van der Waals surface area contributed by atoms with Gasteiger partial charge in [0.05, 0.1) is 13.2 Å². The number of hydrogen-bond donors (Lipinski definition) is 2. The second-order valence-corrected chi connectivity index (χ2v) is 3.27. The van der Waals surface area contributed by atoms with Gasteiger partial charge in [0.1, 0.15) is 5.75 Å². The van der Waals surface area contributed by atoms with Gasteiger partial charge in [0, 0.05) is 12.1 Å². The van der Waals surface area contributed by atoms with E-state index in [1.54, 1.807) is 6.07 Å². The first-order valence-electron chi connectivity index (χ1n) is 4.37. The lowest BCUT2D eigenvalue weighted by atomic mass is 10.1. The molecule has 2 N–H and O–H groups in total. The summed E-state index contributed by atoms with van der Waals surface area (Å²) in [7, 11) is 1.86. The van der Waals surface area contributed by atoms with Gasteiger partial charge in [-0.05, 0) is 30.3 Å². The standard InChI is InChI=1S/C10H13NO2/c1-11-4-7-2-8-5-13-6-9(8)3-10(7)12/h2-3,11-12H,4-6H2,1H3. The third-order valence-electron chi connectivity index (χ3n) is 2.28. The van der Waals surface area contributed by atoms with Gasteiger partial charge < -0.3 is 15.2 Å². The highest BCUT2D eigenvalue weighted by Crippen LogP contribution is 2.27. The van der Waals surface area contributed by atoms with Gasteiger partial charge >= 0.3 is 0 Å². The average molecular weight is 179 g/mol. The highest BCUT2D eigenvalue weighted by molar-refractivity contribution is 5.42. The van der Waals surface area contributed by atoms with Crippen LogP contribution in [0.3, 0.4) is 0 Å². The molecule has 1 heterocycles. The molecule has 0 aliphatic carbocycles. The second-order valence-electron chi connectivity index (χ2n) is 3.27. The van der Waals surface area contributed by atoms with E-state index in [-0.39, 0.29) is 0 Å². The lowest BCUT2D eigenvalue weighted by molar-refractivity contribution is 0.134. The molecule has 0 radical (unpaired) electrons. The van der Waals surface area contributed by atoms with E-state index in [4.69, 9.17) is 4.74 Å². The molecule has 2 rings (SSSR count). The summed E-state index contributed by atoms with van der Waals surface area (Å²) in [6.07, 6.45) is 0. The maximum absolute atomic E-state index is 9.61. The molecule has 0 amide bonds. The van der Waals surface area contributed by atoms with Crippen LogP contribution in [-0.2, 0) is 24.5 Å². The molecule has 0 atom stereocenters. The normalized spacial score (nSPS) is 14.5. The molecule has 0 aromatic heterocycles. The van der Waals surface area contributed by atoms with E-state index in [0.29, 0.717) is 25.5 Å². The Morgan fingerprint density at radius 1 is 1.38 bits per heavy atom. The van der Waals surface area contributed by atoms with Crippen molar-refractivity contribution >= 4 is 0 Å². The molecule has 3 nitrogen and oxygen atoms in total. The lowest BCUT2D eigenvalue weighted by Crippen LogP contribution is -2.05. The first-order chi connectivity index (χ1) is 6.31. The molecular formula is C10H13NO2. The van der Waals surface area contributed by atoms with Gasteiger partial charge in [0.25, 0.3) is 0 Å². The van der Waals surface area contributed by atoms with Crippen LogP contribution in [0.5, 0.6) is 5.75 Å². The molecule has 0 saturated heterocycles. The Hall–Kier alpha value is -1.06. The smallest absolute Gasteiger partial charge is 0.120 e. The molecule has 1 aromatic rings. The van der Waals surface area contributed by atoms with E-state index in [1.807, 2.05) is 13.1 Å². The molecule has 1 aliphatic rings. The van der Waals surface area contributed by atoms with Gasteiger partial charge in [-0.3, -0.25) is 0 Å². The molecule has 0 saturated carbocycles. The summed E-state index contributed by atoms with van der Waals surface area (Å²) in [6.45, 7) is 1.99. The van der Waals surface area contributed by atoms with E-state index in [9.17, 15) is 5.11 Å². The Morgan fingerprint density at radius 2 is 2.08 bits per heavy atom. The summed E-state index contributed by atoms with van der Waals surface area (Å²) in [4.78, 5) is 0. The highest BCUT2D eigenvalue weighted by atomic mass is 16.5. The zero-order chi connectivity index (χ0) is 9.26. The number of hydrogen-bond acceptors (Lipinski definition) is 3. The summed E-state index contributed by atoms with van der Waals surface area (Å²) in [5, 5.41) is 12.6. The predicted molar refractivity (Wildman–Crippen MR) is 49.4 cm³/mol. The van der Waals surface area contributed by atoms with Crippen LogP contribution >= 0.6 is 0 Å². The van der Waals surface area contributed by atoms with E-state index in [0.717, 1.165) is 11.1 Å². The topological polar surface area (TPSA) is 41.5 Å². The van der Waals surface area contributed by atoms with Gasteiger partial charge in [0.2, 0.25) is 0 Å². The number of aromatic hydroxyl groups is 1. The largest absolute Gasteiger partial charge is 0.508 e. The van der Waals surface area contributed by atoms with Gasteiger partial charge in [0.15, 0.2) is 0 Å². The van der Waals surface area contributed by atoms with Gasteiger partial charge in [-0.1, -0.05) is 0 Å². The van der Waals surface area contributed by atoms with Crippen molar-refractivity contribution in [3.63, 3.8) is 0 Å². The maximum atomic E-state index is 9.61. The fraction of sp³-hybridized carbons (Fsp3) is 0.400. The van der Waals surface area contributed by atoms with Gasteiger partial charge in [-0.2, -0.15) is 0 Å². The minimum Gasteiger partial charge on any atom is -0.508 e. The van der Waals surface area contributed by atoms with Crippen molar-refractivity contribution in [2.45, 2.75) is 19.8 Å². The van der Waals surface area contributed by atoms with Crippen LogP contribution in [0.1, 0.15) is 16.7 Å². The van der Waals surface area contributed by atoms with Gasteiger partial charge in [-0.25, -0.2) is 0 Å². The minimum absolute atomic E-state index is 0.360. The van der Waals surface area contributed by atoms with Crippen LogP contribution in [0, 0.1) is 0 Å². The molecule has 70 valence electrons. The van der Waals surface area contributed by atoms with Crippen molar-refractivity contribution in [1.29, 1.82) is 0 Å². The van der Waals surface area contributed by atoms with Crippen molar-refractivity contribution in [1.82, 2.24) is 5.32 Å². The van der Waals surface area contributed by atoms with Crippen LogP contribution in [0.4, 0.5) is 0 Å². The van der Waals surface area contributed by atoms with Crippen LogP contribution in [-0.4, -0.2) is 12.2 Å². The Morgan fingerprint density at radius 3 is 2.77 bits per heavy atom. The zero-order valence-corrected chi connectivity index (χ0v) is 7.63. The SMILES string of the molecule is CNCc1cc2c(cc1O)COC2. The third kappa shape index (κ3) is 1.53. The monoisotopic (exact) mass is 179 g/mol. The molecule has 3 heteroatoms. The van der Waals surface area contributed by atoms with Crippen LogP contribution in [0.15, 0.2) is 12.1 Å². The minimum atomic E-state index is 0.360. The summed E-state index contributed by atoms with van der Waals surface area (Å²) in [5.74, 6) is 0.360. The average Bonchev–Trinajstić information content (AvgIpc) is 2.52. The Bertz CT molecular complexity index is 323. The molecule has 13 heavy (non-hydrogen) atoms. The molecule has 0 bridgehead atoms. The second kappa shape index (κ2) is 3.36. The molecule has 1 aliphatic heterocycles. The number of phenols is 1. The zero-order valence-electron chi connectivity index (χ0n) is 7.63. The van der Waals surface area contributed by atoms with Crippen molar-refractivity contribution in [2.24, 2.45) is 0 Å². The lowest BCUT2D eigenvalue weighted by Gasteiger charge is -2.06. The molecule has 0 spiro atoms. The first-order valence-corrected chi connectivity index (χ1v) is 4.37. The van der Waals surface area contributed by atoms with E-state index >= 15 is 0 Å². The first kappa shape index (κ1) is 8.53. The van der Waals surface area contributed by atoms with E-state index in [2.05, 4.69) is 5.32 Å². The molecule has 1 aromatic carbocycles. The quantitative estimate of drug-likeness (QED) is 0.715. The Balaban J connectivity index is 2.37. The van der Waals surface area contributed by atoms with E-state index < -0.39 is 0 Å². The number of rotatable bonds is 2. The van der Waals surface area contributed by atoms with Crippen LogP contribution in [0.25, 0.3) is 0 Å². The summed E-state index contributed by atoms with van der Waals surface area (Å²) in [5.41, 5.74) is 3.24. The molecule has 0 fully saturated rings. The number of ether oxygens (including phenoxy) is 1. The third-order valence-corrected chi connectivity index (χ3v) is 2.28. The Kier molecular flexibility index (Phi) is 2.20. The van der Waals surface area contributed by atoms with Crippen molar-refractivity contribution < 1.29 is 9.84 Å². The highest BCUT2D eigenvalue weighted by Gasteiger charge is 2.14. The van der Waals surface area contributed by atoms with Crippen LogP contribution < -0.4 is 5.32 Å². The summed E-state index contributed by atoms with van der Waals surface area (Å²) < 4.78 is 5.27. The van der Waals surface area contributed by atoms with Crippen molar-refractivity contribution in [3.05, 3.63) is 28.8 Å². The van der Waals surface area contributed by atoms with E-state index in [1.165, 1.54) is 5.56 Å². The Labute approximate surface area is 77.3 Å².